The van der Waals surface area contributed by atoms with Gasteiger partial charge in [0.15, 0.2) is 0 Å². The van der Waals surface area contributed by atoms with E-state index >= 15 is 0 Å². The normalized spacial score (nSPS) is 14.1. The average molecular weight is 298 g/mol. The number of aliphatic hydroxyl groups is 1. The van der Waals surface area contributed by atoms with Gasteiger partial charge in [-0.2, -0.15) is 0 Å². The van der Waals surface area contributed by atoms with Crippen molar-refractivity contribution in [1.82, 2.24) is 0 Å². The molecule has 106 valence electrons. The molecule has 5 heteroatoms. The van der Waals surface area contributed by atoms with Gasteiger partial charge in [0.05, 0.1) is 6.10 Å². The largest absolute Gasteiger partial charge is 0.388 e. The van der Waals surface area contributed by atoms with E-state index in [4.69, 9.17) is 17.3 Å². The second-order valence-electron chi connectivity index (χ2n) is 4.47. The van der Waals surface area contributed by atoms with Gasteiger partial charge in [-0.25, -0.2) is 8.78 Å². The second kappa shape index (κ2) is 6.31. The number of hydrogen-bond donors (Lipinski definition) is 2. The Morgan fingerprint density at radius 1 is 1.10 bits per heavy atom. The summed E-state index contributed by atoms with van der Waals surface area (Å²) in [6.07, 6.45) is -1.06. The molecule has 2 aromatic rings. The van der Waals surface area contributed by atoms with Crippen molar-refractivity contribution in [3.63, 3.8) is 0 Å². The van der Waals surface area contributed by atoms with E-state index in [0.717, 1.165) is 12.1 Å². The van der Waals surface area contributed by atoms with Crippen molar-refractivity contribution in [2.24, 2.45) is 5.73 Å². The number of rotatable bonds is 4. The molecule has 0 fully saturated rings. The lowest BCUT2D eigenvalue weighted by atomic mass is 9.89. The third-order valence-corrected chi connectivity index (χ3v) is 3.57. The number of hydrogen-bond acceptors (Lipinski definition) is 2. The van der Waals surface area contributed by atoms with Crippen molar-refractivity contribution in [2.75, 3.05) is 6.54 Å². The molecule has 2 nitrogen and oxygen atoms in total. The van der Waals surface area contributed by atoms with E-state index in [1.165, 1.54) is 6.07 Å². The molecule has 0 aliphatic rings. The summed E-state index contributed by atoms with van der Waals surface area (Å²) in [5.74, 6) is -2.10. The number of benzene rings is 2. The summed E-state index contributed by atoms with van der Waals surface area (Å²) < 4.78 is 26.8. The van der Waals surface area contributed by atoms with E-state index in [-0.39, 0.29) is 12.1 Å². The average Bonchev–Trinajstić information content (AvgIpc) is 2.42. The summed E-state index contributed by atoms with van der Waals surface area (Å²) in [4.78, 5) is 0. The number of halogens is 3. The van der Waals surface area contributed by atoms with Crippen molar-refractivity contribution < 1.29 is 13.9 Å². The zero-order valence-corrected chi connectivity index (χ0v) is 11.3. The topological polar surface area (TPSA) is 46.2 Å². The zero-order chi connectivity index (χ0) is 14.7. The van der Waals surface area contributed by atoms with Crippen molar-refractivity contribution >= 4 is 11.6 Å². The van der Waals surface area contributed by atoms with E-state index < -0.39 is 23.7 Å². The first kappa shape index (κ1) is 14.9. The molecule has 0 saturated heterocycles. The number of nitrogens with two attached hydrogens (primary N) is 1. The van der Waals surface area contributed by atoms with Crippen LogP contribution in [-0.4, -0.2) is 11.7 Å². The molecule has 0 aromatic heterocycles. The summed E-state index contributed by atoms with van der Waals surface area (Å²) in [6.45, 7) is 0.00887. The number of aliphatic hydroxyl groups excluding tert-OH is 1. The monoisotopic (exact) mass is 297 g/mol. The molecule has 0 heterocycles. The minimum atomic E-state index is -1.06. The lowest BCUT2D eigenvalue weighted by Gasteiger charge is -2.23. The Balaban J connectivity index is 2.39. The van der Waals surface area contributed by atoms with E-state index in [2.05, 4.69) is 0 Å². The van der Waals surface area contributed by atoms with Gasteiger partial charge in [-0.05, 0) is 23.3 Å². The van der Waals surface area contributed by atoms with Crippen molar-refractivity contribution in [3.05, 3.63) is 70.2 Å². The fraction of sp³-hybridized carbons (Fsp3) is 0.200. The van der Waals surface area contributed by atoms with Crippen LogP contribution >= 0.6 is 11.6 Å². The summed E-state index contributed by atoms with van der Waals surface area (Å²) in [7, 11) is 0. The maximum Gasteiger partial charge on any atom is 0.129 e. The van der Waals surface area contributed by atoms with E-state index in [1.54, 1.807) is 24.3 Å². The third-order valence-electron chi connectivity index (χ3n) is 3.22. The Hall–Kier alpha value is -1.49. The molecule has 0 saturated carbocycles. The minimum Gasteiger partial charge on any atom is -0.388 e. The van der Waals surface area contributed by atoms with Crippen LogP contribution in [0.25, 0.3) is 0 Å². The minimum absolute atomic E-state index is 0.00887. The fourth-order valence-electron chi connectivity index (χ4n) is 2.16. The highest BCUT2D eigenvalue weighted by molar-refractivity contribution is 6.31. The molecule has 0 amide bonds. The maximum atomic E-state index is 13.8. The van der Waals surface area contributed by atoms with Gasteiger partial charge in [-0.3, -0.25) is 0 Å². The predicted molar refractivity (Wildman–Crippen MR) is 74.6 cm³/mol. The molecule has 2 unspecified atom stereocenters. The van der Waals surface area contributed by atoms with Crippen LogP contribution in [0.3, 0.4) is 0 Å². The highest BCUT2D eigenvalue weighted by Crippen LogP contribution is 2.34. The quantitative estimate of drug-likeness (QED) is 0.908. The first-order valence-electron chi connectivity index (χ1n) is 6.12. The highest BCUT2D eigenvalue weighted by Gasteiger charge is 2.25. The molecule has 0 bridgehead atoms. The molecular weight excluding hydrogens is 284 g/mol. The van der Waals surface area contributed by atoms with Crippen LogP contribution in [0.5, 0.6) is 0 Å². The van der Waals surface area contributed by atoms with Crippen molar-refractivity contribution in [1.29, 1.82) is 0 Å². The first-order chi connectivity index (χ1) is 9.54. The molecule has 2 aromatic carbocycles. The van der Waals surface area contributed by atoms with Crippen LogP contribution < -0.4 is 5.73 Å². The second-order valence-corrected chi connectivity index (χ2v) is 4.88. The lowest BCUT2D eigenvalue weighted by Crippen LogP contribution is -2.21. The predicted octanol–water partition coefficient (Wildman–Crippen LogP) is 3.39. The zero-order valence-electron chi connectivity index (χ0n) is 10.6. The molecule has 0 radical (unpaired) electrons. The third kappa shape index (κ3) is 2.98. The molecule has 0 aliphatic heterocycles. The van der Waals surface area contributed by atoms with Crippen LogP contribution in [-0.2, 0) is 0 Å². The van der Waals surface area contributed by atoms with Gasteiger partial charge in [0.1, 0.15) is 11.6 Å². The van der Waals surface area contributed by atoms with Crippen LogP contribution in [0.1, 0.15) is 23.1 Å². The van der Waals surface area contributed by atoms with E-state index in [9.17, 15) is 13.9 Å². The van der Waals surface area contributed by atoms with Crippen molar-refractivity contribution in [3.8, 4) is 0 Å². The van der Waals surface area contributed by atoms with E-state index in [1.807, 2.05) is 0 Å². The molecule has 20 heavy (non-hydrogen) atoms. The Morgan fingerprint density at radius 3 is 2.40 bits per heavy atom. The van der Waals surface area contributed by atoms with Crippen LogP contribution in [0.15, 0.2) is 42.5 Å². The van der Waals surface area contributed by atoms with Crippen LogP contribution in [0.4, 0.5) is 8.78 Å². The van der Waals surface area contributed by atoms with Crippen LogP contribution in [0.2, 0.25) is 5.02 Å². The van der Waals surface area contributed by atoms with E-state index in [0.29, 0.717) is 10.6 Å². The molecular formula is C15H14ClF2NO. The smallest absolute Gasteiger partial charge is 0.129 e. The van der Waals surface area contributed by atoms with Gasteiger partial charge in [0, 0.05) is 23.6 Å². The fourth-order valence-corrected chi connectivity index (χ4v) is 2.41. The molecule has 2 rings (SSSR count). The first-order valence-corrected chi connectivity index (χ1v) is 6.50. The summed E-state index contributed by atoms with van der Waals surface area (Å²) in [5, 5.41) is 10.8. The standard InChI is InChI=1S/C15H14ClF2NO/c16-13-4-2-1-3-11(13)15(20)12(8-19)10-6-5-9(17)7-14(10)18/h1-7,12,15,20H,8,19H2. The maximum absolute atomic E-state index is 13.8. The van der Waals surface area contributed by atoms with Crippen LogP contribution in [0, 0.1) is 11.6 Å². The molecule has 0 aliphatic carbocycles. The Kier molecular flexibility index (Phi) is 4.70. The summed E-state index contributed by atoms with van der Waals surface area (Å²) >= 11 is 6.02. The molecule has 3 N–H and O–H groups in total. The van der Waals surface area contributed by atoms with Gasteiger partial charge in [0.25, 0.3) is 0 Å². The summed E-state index contributed by atoms with van der Waals surface area (Å²) in [5.41, 5.74) is 6.27. The SMILES string of the molecule is NCC(c1ccc(F)cc1F)C(O)c1ccccc1Cl. The molecule has 2 atom stereocenters. The Labute approximate surface area is 120 Å². The van der Waals surface area contributed by atoms with Crippen molar-refractivity contribution in [2.45, 2.75) is 12.0 Å². The van der Waals surface area contributed by atoms with Gasteiger partial charge < -0.3 is 10.8 Å². The molecule has 0 spiro atoms. The lowest BCUT2D eigenvalue weighted by molar-refractivity contribution is 0.145. The Bertz CT molecular complexity index is 606. The Morgan fingerprint density at radius 2 is 1.80 bits per heavy atom. The van der Waals surface area contributed by atoms with Gasteiger partial charge in [0.2, 0.25) is 0 Å². The van der Waals surface area contributed by atoms with Gasteiger partial charge in [-0.1, -0.05) is 35.9 Å². The van der Waals surface area contributed by atoms with Gasteiger partial charge in [-0.15, -0.1) is 0 Å². The summed E-state index contributed by atoms with van der Waals surface area (Å²) in [6, 6.07) is 9.94. The van der Waals surface area contributed by atoms with Gasteiger partial charge >= 0.3 is 0 Å². The highest BCUT2D eigenvalue weighted by atomic mass is 35.5.